The molecule has 0 aromatic heterocycles. The van der Waals surface area contributed by atoms with Gasteiger partial charge >= 0.3 is 0 Å². The highest BCUT2D eigenvalue weighted by Gasteiger charge is 2.23. The molecule has 2 N–H and O–H groups in total. The number of hydrogen-bond acceptors (Lipinski definition) is 5. The highest BCUT2D eigenvalue weighted by atomic mass is 16.5. The third-order valence-electron chi connectivity index (χ3n) is 5.54. The average Bonchev–Trinajstić information content (AvgIpc) is 2.81. The number of morpholine rings is 1. The first-order valence-corrected chi connectivity index (χ1v) is 10.7. The first-order valence-electron chi connectivity index (χ1n) is 10.7. The van der Waals surface area contributed by atoms with E-state index >= 15 is 0 Å². The van der Waals surface area contributed by atoms with Crippen molar-refractivity contribution in [2.75, 3.05) is 54.1 Å². The van der Waals surface area contributed by atoms with Crippen LogP contribution in [0.4, 0.5) is 0 Å². The molecule has 7 heteroatoms. The fourth-order valence-electron chi connectivity index (χ4n) is 3.82. The van der Waals surface area contributed by atoms with Crippen LogP contribution in [-0.2, 0) is 11.3 Å². The Hall–Kier alpha value is -2.77. The minimum absolute atomic E-state index is 0.248. The fraction of sp³-hybridized carbons (Fsp3) is 0.458. The lowest BCUT2D eigenvalue weighted by Crippen LogP contribution is -2.46. The number of guanidine groups is 1. The van der Waals surface area contributed by atoms with E-state index in [0.717, 1.165) is 55.9 Å². The molecule has 1 aliphatic heterocycles. The van der Waals surface area contributed by atoms with Crippen LogP contribution >= 0.6 is 0 Å². The van der Waals surface area contributed by atoms with E-state index in [1.807, 2.05) is 18.2 Å². The van der Waals surface area contributed by atoms with Gasteiger partial charge in [0.15, 0.2) is 5.96 Å². The number of aliphatic imine (C=N–C) groups is 1. The summed E-state index contributed by atoms with van der Waals surface area (Å²) in [5.74, 6) is 2.31. The van der Waals surface area contributed by atoms with Crippen LogP contribution in [0.15, 0.2) is 47.5 Å². The Kier molecular flexibility index (Phi) is 8.55. The van der Waals surface area contributed by atoms with Crippen molar-refractivity contribution in [3.8, 4) is 11.5 Å². The van der Waals surface area contributed by atoms with Gasteiger partial charge in [-0.25, -0.2) is 0 Å². The molecule has 1 atom stereocenters. The molecule has 0 aliphatic carbocycles. The van der Waals surface area contributed by atoms with Gasteiger partial charge in [0.2, 0.25) is 0 Å². The Bertz CT molecular complexity index is 866. The molecule has 0 bridgehead atoms. The minimum Gasteiger partial charge on any atom is -0.497 e. The van der Waals surface area contributed by atoms with E-state index in [9.17, 15) is 0 Å². The second-order valence-corrected chi connectivity index (χ2v) is 7.56. The Morgan fingerprint density at radius 2 is 1.90 bits per heavy atom. The number of ether oxygens (including phenoxy) is 3. The molecule has 0 saturated carbocycles. The third-order valence-corrected chi connectivity index (χ3v) is 5.54. The summed E-state index contributed by atoms with van der Waals surface area (Å²) in [4.78, 5) is 6.88. The molecule has 1 unspecified atom stereocenters. The molecule has 0 spiro atoms. The molecule has 0 amide bonds. The van der Waals surface area contributed by atoms with Crippen LogP contribution in [0.1, 0.15) is 22.7 Å². The van der Waals surface area contributed by atoms with Gasteiger partial charge in [-0.1, -0.05) is 29.8 Å². The molecule has 168 valence electrons. The molecule has 1 saturated heterocycles. The summed E-state index contributed by atoms with van der Waals surface area (Å²) in [5, 5.41) is 6.90. The average molecular weight is 427 g/mol. The smallest absolute Gasteiger partial charge is 0.191 e. The maximum atomic E-state index is 5.56. The van der Waals surface area contributed by atoms with Crippen molar-refractivity contribution in [1.82, 2.24) is 15.5 Å². The summed E-state index contributed by atoms with van der Waals surface area (Å²) in [6.07, 6.45) is 0. The highest BCUT2D eigenvalue weighted by Crippen LogP contribution is 2.25. The molecule has 31 heavy (non-hydrogen) atoms. The van der Waals surface area contributed by atoms with Gasteiger partial charge in [-0.3, -0.25) is 9.89 Å². The van der Waals surface area contributed by atoms with Crippen LogP contribution in [0.25, 0.3) is 0 Å². The quantitative estimate of drug-likeness (QED) is 0.500. The van der Waals surface area contributed by atoms with E-state index in [-0.39, 0.29) is 6.04 Å². The van der Waals surface area contributed by atoms with Gasteiger partial charge in [-0.2, -0.15) is 0 Å². The van der Waals surface area contributed by atoms with Gasteiger partial charge in [0.1, 0.15) is 11.5 Å². The maximum absolute atomic E-state index is 5.56. The van der Waals surface area contributed by atoms with Crippen molar-refractivity contribution in [3.05, 3.63) is 59.2 Å². The van der Waals surface area contributed by atoms with Crippen molar-refractivity contribution in [3.63, 3.8) is 0 Å². The number of hydrogen-bond donors (Lipinski definition) is 2. The lowest BCUT2D eigenvalue weighted by molar-refractivity contribution is 0.0170. The predicted octanol–water partition coefficient (Wildman–Crippen LogP) is 2.75. The molecule has 3 rings (SSSR count). The summed E-state index contributed by atoms with van der Waals surface area (Å²) in [5.41, 5.74) is 3.61. The number of rotatable bonds is 8. The topological polar surface area (TPSA) is 67.4 Å². The van der Waals surface area contributed by atoms with Crippen LogP contribution in [0.5, 0.6) is 11.5 Å². The molecule has 2 aromatic rings. The van der Waals surface area contributed by atoms with Crippen LogP contribution in [-0.4, -0.2) is 65.0 Å². The Balaban J connectivity index is 1.65. The van der Waals surface area contributed by atoms with Crippen molar-refractivity contribution < 1.29 is 14.2 Å². The summed E-state index contributed by atoms with van der Waals surface area (Å²) in [6, 6.07) is 14.8. The molecule has 1 aliphatic rings. The molecule has 1 heterocycles. The van der Waals surface area contributed by atoms with E-state index in [1.165, 1.54) is 11.1 Å². The van der Waals surface area contributed by atoms with Crippen molar-refractivity contribution in [2.45, 2.75) is 19.5 Å². The van der Waals surface area contributed by atoms with Crippen LogP contribution in [0, 0.1) is 6.92 Å². The first kappa shape index (κ1) is 22.9. The van der Waals surface area contributed by atoms with Gasteiger partial charge in [-0.15, -0.1) is 0 Å². The summed E-state index contributed by atoms with van der Waals surface area (Å²) >= 11 is 0. The van der Waals surface area contributed by atoms with E-state index in [1.54, 1.807) is 21.3 Å². The number of methoxy groups -OCH3 is 2. The van der Waals surface area contributed by atoms with Gasteiger partial charge in [0, 0.05) is 44.9 Å². The zero-order valence-corrected chi connectivity index (χ0v) is 19.0. The van der Waals surface area contributed by atoms with E-state index in [0.29, 0.717) is 6.54 Å². The lowest BCUT2D eigenvalue weighted by atomic mass is 10.0. The second-order valence-electron chi connectivity index (χ2n) is 7.56. The predicted molar refractivity (Wildman–Crippen MR) is 124 cm³/mol. The number of benzene rings is 2. The number of aryl methyl sites for hydroxylation is 1. The summed E-state index contributed by atoms with van der Waals surface area (Å²) in [7, 11) is 5.11. The Morgan fingerprint density at radius 1 is 1.10 bits per heavy atom. The zero-order chi connectivity index (χ0) is 22.1. The van der Waals surface area contributed by atoms with E-state index in [2.05, 4.69) is 51.7 Å². The standard InChI is InChI=1S/C24H34N4O3/c1-18-6-5-7-19(14-18)22(28-10-12-31-13-11-28)17-27-24(25-2)26-16-20-8-9-21(29-3)15-23(20)30-4/h5-9,14-15,22H,10-13,16-17H2,1-4H3,(H2,25,26,27). The van der Waals surface area contributed by atoms with Crippen LogP contribution < -0.4 is 20.1 Å². The van der Waals surface area contributed by atoms with E-state index in [4.69, 9.17) is 14.2 Å². The molecular weight excluding hydrogens is 392 g/mol. The van der Waals surface area contributed by atoms with Gasteiger partial charge < -0.3 is 24.8 Å². The fourth-order valence-corrected chi connectivity index (χ4v) is 3.82. The van der Waals surface area contributed by atoms with Gasteiger partial charge in [0.05, 0.1) is 33.5 Å². The SMILES string of the molecule is CN=C(NCc1ccc(OC)cc1OC)NCC(c1cccc(C)c1)N1CCOCC1. The summed E-state index contributed by atoms with van der Waals surface area (Å²) in [6.45, 7) is 6.88. The molecule has 7 nitrogen and oxygen atoms in total. The largest absolute Gasteiger partial charge is 0.497 e. The monoisotopic (exact) mass is 426 g/mol. The third kappa shape index (κ3) is 6.35. The lowest BCUT2D eigenvalue weighted by Gasteiger charge is -2.35. The van der Waals surface area contributed by atoms with Crippen molar-refractivity contribution in [2.24, 2.45) is 4.99 Å². The van der Waals surface area contributed by atoms with Crippen LogP contribution in [0.3, 0.4) is 0 Å². The highest BCUT2D eigenvalue weighted by molar-refractivity contribution is 5.79. The second kappa shape index (κ2) is 11.6. The van der Waals surface area contributed by atoms with E-state index < -0.39 is 0 Å². The molecule has 0 radical (unpaired) electrons. The molecule has 1 fully saturated rings. The Morgan fingerprint density at radius 3 is 2.58 bits per heavy atom. The van der Waals surface area contributed by atoms with Crippen LogP contribution in [0.2, 0.25) is 0 Å². The Labute approximate surface area is 185 Å². The van der Waals surface area contributed by atoms with Gasteiger partial charge in [-0.05, 0) is 24.6 Å². The summed E-state index contributed by atoms with van der Waals surface area (Å²) < 4.78 is 16.3. The molecular formula is C24H34N4O3. The number of nitrogens with zero attached hydrogens (tertiary/aromatic N) is 2. The normalized spacial score (nSPS) is 15.9. The minimum atomic E-state index is 0.248. The van der Waals surface area contributed by atoms with Crippen molar-refractivity contribution >= 4 is 5.96 Å². The number of nitrogens with one attached hydrogen (secondary N) is 2. The first-order chi connectivity index (χ1) is 15.1. The molecule has 2 aromatic carbocycles. The van der Waals surface area contributed by atoms with Crippen molar-refractivity contribution in [1.29, 1.82) is 0 Å². The maximum Gasteiger partial charge on any atom is 0.191 e. The zero-order valence-electron chi connectivity index (χ0n) is 19.0. The van der Waals surface area contributed by atoms with Gasteiger partial charge in [0.25, 0.3) is 0 Å².